The molecule has 3 N–H and O–H groups in total. The Kier molecular flexibility index (Phi) is 9.03. The van der Waals surface area contributed by atoms with Crippen LogP contribution in [0.1, 0.15) is 43.1 Å². The number of methoxy groups -OCH3 is 1. The number of benzene rings is 2. The Morgan fingerprint density at radius 2 is 1.72 bits per heavy atom. The number of nitrogens with zero attached hydrogens (tertiary/aromatic N) is 4. The summed E-state index contributed by atoms with van der Waals surface area (Å²) in [5, 5.41) is 17.1. The van der Waals surface area contributed by atoms with Crippen molar-refractivity contribution in [1.82, 2.24) is 35.8 Å². The van der Waals surface area contributed by atoms with Crippen molar-refractivity contribution < 1.29 is 23.9 Å². The summed E-state index contributed by atoms with van der Waals surface area (Å²) >= 11 is 0. The maximum absolute atomic E-state index is 13.8. The largest absolute Gasteiger partial charge is 0.497 e. The van der Waals surface area contributed by atoms with Crippen molar-refractivity contribution in [1.29, 1.82) is 0 Å². The molecule has 1 saturated heterocycles. The average Bonchev–Trinajstić information content (AvgIpc) is 3.66. The molecule has 1 aromatic heterocycles. The van der Waals surface area contributed by atoms with Gasteiger partial charge in [-0.05, 0) is 29.2 Å². The van der Waals surface area contributed by atoms with E-state index in [9.17, 15) is 19.2 Å². The van der Waals surface area contributed by atoms with Crippen molar-refractivity contribution in [3.05, 3.63) is 77.6 Å². The van der Waals surface area contributed by atoms with E-state index in [1.807, 2.05) is 56.3 Å². The Morgan fingerprint density at radius 3 is 2.42 bits per heavy atom. The standard InChI is InChI=1S/C31H37N7O5/c1-19(2)28-31(42)33-25(13-20-7-5-4-6-8-20)29(40)32-16-22-17-38(36-35-22)23-15-26(30(41)34-28)37(18-23)27(39)14-21-9-11-24(43-3)12-10-21/h4-12,17,19,23,25-26,28H,13-16,18H2,1-3H3,(H,32,40)(H,33,42)(H,34,41)/t23-,25+,26-,28-/m0/s1. The predicted molar refractivity (Wildman–Crippen MR) is 157 cm³/mol. The molecule has 3 aromatic rings. The lowest BCUT2D eigenvalue weighted by Crippen LogP contribution is -2.58. The monoisotopic (exact) mass is 587 g/mol. The molecule has 0 saturated carbocycles. The van der Waals surface area contributed by atoms with Crippen LogP contribution >= 0.6 is 0 Å². The maximum Gasteiger partial charge on any atom is 0.243 e. The molecule has 2 aliphatic heterocycles. The van der Waals surface area contributed by atoms with Gasteiger partial charge in [-0.1, -0.05) is 61.5 Å². The Hall–Kier alpha value is -4.74. The molecule has 4 bridgehead atoms. The number of hydrogen-bond acceptors (Lipinski definition) is 7. The molecule has 2 aliphatic rings. The summed E-state index contributed by atoms with van der Waals surface area (Å²) in [7, 11) is 1.58. The Labute approximate surface area is 250 Å². The lowest BCUT2D eigenvalue weighted by molar-refractivity contribution is -0.139. The molecule has 5 rings (SSSR count). The normalized spacial score (nSPS) is 22.7. The van der Waals surface area contributed by atoms with E-state index in [2.05, 4.69) is 26.3 Å². The van der Waals surface area contributed by atoms with Crippen molar-refractivity contribution in [3.8, 4) is 5.75 Å². The second-order valence-corrected chi connectivity index (χ2v) is 11.4. The molecule has 4 amide bonds. The fraction of sp³-hybridized carbons (Fsp3) is 0.419. The van der Waals surface area contributed by atoms with Gasteiger partial charge >= 0.3 is 0 Å². The van der Waals surface area contributed by atoms with E-state index in [-0.39, 0.29) is 49.7 Å². The van der Waals surface area contributed by atoms with Gasteiger partial charge in [-0.3, -0.25) is 19.2 Å². The van der Waals surface area contributed by atoms with Gasteiger partial charge in [-0.25, -0.2) is 4.68 Å². The van der Waals surface area contributed by atoms with E-state index in [0.29, 0.717) is 17.9 Å². The lowest BCUT2D eigenvalue weighted by Gasteiger charge is -2.29. The third-order valence-electron chi connectivity index (χ3n) is 7.95. The number of aromatic nitrogens is 3. The van der Waals surface area contributed by atoms with Gasteiger partial charge in [-0.15, -0.1) is 5.10 Å². The molecule has 2 aromatic carbocycles. The number of rotatable bonds is 6. The lowest BCUT2D eigenvalue weighted by atomic mass is 10.00. The van der Waals surface area contributed by atoms with Gasteiger partial charge in [0.25, 0.3) is 0 Å². The van der Waals surface area contributed by atoms with Crippen molar-refractivity contribution in [2.45, 2.75) is 63.8 Å². The van der Waals surface area contributed by atoms with Gasteiger partial charge < -0.3 is 25.6 Å². The third-order valence-corrected chi connectivity index (χ3v) is 7.95. The van der Waals surface area contributed by atoms with Crippen LogP contribution < -0.4 is 20.7 Å². The number of carbonyl (C=O) groups excluding carboxylic acids is 4. The maximum atomic E-state index is 13.8. The van der Waals surface area contributed by atoms with Crippen LogP contribution in [0.25, 0.3) is 0 Å². The van der Waals surface area contributed by atoms with Gasteiger partial charge in [0.15, 0.2) is 0 Å². The van der Waals surface area contributed by atoms with Crippen LogP contribution in [0.5, 0.6) is 5.75 Å². The van der Waals surface area contributed by atoms with E-state index < -0.39 is 29.9 Å². The van der Waals surface area contributed by atoms with Crippen molar-refractivity contribution in [2.75, 3.05) is 13.7 Å². The summed E-state index contributed by atoms with van der Waals surface area (Å²) in [6.07, 6.45) is 2.39. The quantitative estimate of drug-likeness (QED) is 0.392. The minimum Gasteiger partial charge on any atom is -0.497 e. The molecule has 3 heterocycles. The van der Waals surface area contributed by atoms with Crippen molar-refractivity contribution >= 4 is 23.6 Å². The highest BCUT2D eigenvalue weighted by molar-refractivity contribution is 5.95. The van der Waals surface area contributed by atoms with Crippen LogP contribution in [0.3, 0.4) is 0 Å². The van der Waals surface area contributed by atoms with Crippen molar-refractivity contribution in [3.63, 3.8) is 0 Å². The van der Waals surface area contributed by atoms with Gasteiger partial charge in [0, 0.05) is 19.4 Å². The first-order valence-electron chi connectivity index (χ1n) is 14.5. The molecule has 0 aliphatic carbocycles. The number of nitrogens with one attached hydrogen (secondary N) is 3. The molecule has 12 heteroatoms. The topological polar surface area (TPSA) is 148 Å². The highest BCUT2D eigenvalue weighted by Gasteiger charge is 2.42. The summed E-state index contributed by atoms with van der Waals surface area (Å²) in [4.78, 5) is 55.8. The van der Waals surface area contributed by atoms with Crippen LogP contribution in [0.4, 0.5) is 0 Å². The fourth-order valence-corrected chi connectivity index (χ4v) is 5.53. The summed E-state index contributed by atoms with van der Waals surface area (Å²) < 4.78 is 6.86. The molecule has 0 radical (unpaired) electrons. The number of carbonyl (C=O) groups is 4. The summed E-state index contributed by atoms with van der Waals surface area (Å²) in [5.41, 5.74) is 2.19. The number of ether oxygens (including phenoxy) is 1. The first-order valence-corrected chi connectivity index (χ1v) is 14.5. The first kappa shape index (κ1) is 29.7. The van der Waals surface area contributed by atoms with Crippen LogP contribution in [-0.4, -0.2) is 75.3 Å². The molecular formula is C31H37N7O5. The van der Waals surface area contributed by atoms with Gasteiger partial charge in [0.2, 0.25) is 23.6 Å². The average molecular weight is 588 g/mol. The zero-order valence-corrected chi connectivity index (χ0v) is 24.5. The zero-order valence-electron chi connectivity index (χ0n) is 24.5. The second-order valence-electron chi connectivity index (χ2n) is 11.4. The summed E-state index contributed by atoms with van der Waals surface area (Å²) in [6.45, 7) is 4.01. The van der Waals surface area contributed by atoms with Crippen LogP contribution in [0.2, 0.25) is 0 Å². The Bertz CT molecular complexity index is 1460. The Balaban J connectivity index is 1.42. The van der Waals surface area contributed by atoms with E-state index >= 15 is 0 Å². The minimum atomic E-state index is -0.918. The number of fused-ring (bicyclic) bond motifs is 5. The predicted octanol–water partition coefficient (Wildman–Crippen LogP) is 1.17. The van der Waals surface area contributed by atoms with E-state index in [1.165, 1.54) is 0 Å². The molecular weight excluding hydrogens is 550 g/mol. The number of amides is 4. The van der Waals surface area contributed by atoms with E-state index in [1.54, 1.807) is 35.0 Å². The third kappa shape index (κ3) is 7.02. The van der Waals surface area contributed by atoms with Crippen LogP contribution in [0.15, 0.2) is 60.8 Å². The summed E-state index contributed by atoms with van der Waals surface area (Å²) in [6, 6.07) is 13.7. The highest BCUT2D eigenvalue weighted by atomic mass is 16.5. The smallest absolute Gasteiger partial charge is 0.243 e. The first-order chi connectivity index (χ1) is 20.7. The molecule has 1 fully saturated rings. The molecule has 0 unspecified atom stereocenters. The van der Waals surface area contributed by atoms with Gasteiger partial charge in [0.1, 0.15) is 29.6 Å². The van der Waals surface area contributed by atoms with Gasteiger partial charge in [-0.2, -0.15) is 0 Å². The molecule has 43 heavy (non-hydrogen) atoms. The van der Waals surface area contributed by atoms with Gasteiger partial charge in [0.05, 0.1) is 32.3 Å². The zero-order chi connectivity index (χ0) is 30.5. The highest BCUT2D eigenvalue weighted by Crippen LogP contribution is 2.29. The molecule has 226 valence electrons. The molecule has 4 atom stereocenters. The van der Waals surface area contributed by atoms with Crippen LogP contribution in [0, 0.1) is 5.92 Å². The Morgan fingerprint density at radius 1 is 0.977 bits per heavy atom. The number of hydrogen-bond donors (Lipinski definition) is 3. The van der Waals surface area contributed by atoms with E-state index in [0.717, 1.165) is 11.1 Å². The fourth-order valence-electron chi connectivity index (χ4n) is 5.53. The summed E-state index contributed by atoms with van der Waals surface area (Å²) in [5.74, 6) is -1.08. The number of likely N-dealkylation sites (tertiary alicyclic amines) is 1. The minimum absolute atomic E-state index is 0.102. The molecule has 0 spiro atoms. The molecule has 12 nitrogen and oxygen atoms in total. The SMILES string of the molecule is COc1ccc(CC(=O)N2C[C@@H]3C[C@H]2C(=O)N[C@@H](C(C)C)C(=O)N[C@H](Cc2ccccc2)C(=O)NCc2cn3nn2)cc1. The van der Waals surface area contributed by atoms with E-state index in [4.69, 9.17) is 4.74 Å². The second kappa shape index (κ2) is 13.1. The van der Waals surface area contributed by atoms with Crippen molar-refractivity contribution in [2.24, 2.45) is 5.92 Å². The van der Waals surface area contributed by atoms with Crippen LogP contribution in [-0.2, 0) is 38.6 Å².